The van der Waals surface area contributed by atoms with Gasteiger partial charge >= 0.3 is 6.01 Å². The van der Waals surface area contributed by atoms with Gasteiger partial charge in [0.15, 0.2) is 0 Å². The minimum absolute atomic E-state index is 0.341. The van der Waals surface area contributed by atoms with Crippen molar-refractivity contribution >= 4 is 17.4 Å². The summed E-state index contributed by atoms with van der Waals surface area (Å²) >= 11 is 6.64. The van der Waals surface area contributed by atoms with Crippen molar-refractivity contribution < 1.29 is 4.74 Å². The third kappa shape index (κ3) is 3.13. The molecule has 0 spiro atoms. The van der Waals surface area contributed by atoms with Crippen molar-refractivity contribution in [3.05, 3.63) is 45.6 Å². The number of rotatable bonds is 3. The third-order valence-corrected chi connectivity index (χ3v) is 6.53. The molecule has 0 bridgehead atoms. The number of aryl methyl sites for hydroxylation is 1. The minimum atomic E-state index is 0.341. The number of fused-ring (bicyclic) bond motifs is 2. The van der Waals surface area contributed by atoms with E-state index >= 15 is 0 Å². The summed E-state index contributed by atoms with van der Waals surface area (Å²) in [6, 6.07) is 7.13. The molecule has 0 radical (unpaired) electrons. The molecule has 1 aromatic heterocycles. The Morgan fingerprint density at radius 1 is 1.18 bits per heavy atom. The van der Waals surface area contributed by atoms with Crippen LogP contribution in [-0.2, 0) is 19.5 Å². The first-order valence-electron chi connectivity index (χ1n) is 10.2. The highest BCUT2D eigenvalue weighted by atomic mass is 35.5. The molecule has 6 nitrogen and oxygen atoms in total. The van der Waals surface area contributed by atoms with Crippen LogP contribution in [0, 0.1) is 0 Å². The van der Waals surface area contributed by atoms with Crippen LogP contribution in [0.15, 0.2) is 18.2 Å². The predicted molar refractivity (Wildman–Crippen MR) is 110 cm³/mol. The van der Waals surface area contributed by atoms with Gasteiger partial charge in [0.25, 0.3) is 0 Å². The van der Waals surface area contributed by atoms with Gasteiger partial charge in [-0.2, -0.15) is 9.97 Å². The largest absolute Gasteiger partial charge is 0.467 e. The van der Waals surface area contributed by atoms with Crippen LogP contribution in [0.3, 0.4) is 0 Å². The summed E-state index contributed by atoms with van der Waals surface area (Å²) in [5.41, 5.74) is 5.05. The Labute approximate surface area is 170 Å². The Balaban J connectivity index is 1.49. The van der Waals surface area contributed by atoms with Crippen LogP contribution in [0.5, 0.6) is 6.01 Å². The van der Waals surface area contributed by atoms with E-state index in [-0.39, 0.29) is 0 Å². The van der Waals surface area contributed by atoms with Gasteiger partial charge in [-0.05, 0) is 36.5 Å². The van der Waals surface area contributed by atoms with Crippen LogP contribution in [0.2, 0.25) is 5.02 Å². The number of piperazine rings is 1. The zero-order chi connectivity index (χ0) is 19.1. The molecule has 1 N–H and O–H groups in total. The summed E-state index contributed by atoms with van der Waals surface area (Å²) in [5, 5.41) is 4.31. The molecule has 1 aromatic carbocycles. The van der Waals surface area contributed by atoms with Crippen LogP contribution >= 0.6 is 11.6 Å². The third-order valence-electron chi connectivity index (χ3n) is 6.20. The van der Waals surface area contributed by atoms with E-state index in [0.29, 0.717) is 12.1 Å². The minimum Gasteiger partial charge on any atom is -0.467 e. The van der Waals surface area contributed by atoms with Crippen LogP contribution < -0.4 is 15.0 Å². The van der Waals surface area contributed by atoms with Gasteiger partial charge in [-0.15, -0.1) is 0 Å². The number of nitrogens with one attached hydrogen (secondary N) is 1. The van der Waals surface area contributed by atoms with E-state index in [4.69, 9.17) is 26.3 Å². The maximum Gasteiger partial charge on any atom is 0.318 e. The number of nitrogens with zero attached hydrogens (tertiary/aromatic N) is 4. The second-order valence-electron chi connectivity index (χ2n) is 7.82. The lowest BCUT2D eigenvalue weighted by molar-refractivity contribution is 0.179. The lowest BCUT2D eigenvalue weighted by Gasteiger charge is -2.34. The second-order valence-corrected chi connectivity index (χ2v) is 8.23. The highest BCUT2D eigenvalue weighted by molar-refractivity contribution is 6.31. The monoisotopic (exact) mass is 399 g/mol. The molecule has 3 heterocycles. The summed E-state index contributed by atoms with van der Waals surface area (Å²) in [7, 11) is 1.65. The number of ether oxygens (including phenoxy) is 1. The molecule has 28 heavy (non-hydrogen) atoms. The fourth-order valence-corrected chi connectivity index (χ4v) is 5.18. The standard InChI is InChI=1S/C21H26ClN5O/c1-28-21-24-17-13-27(12-15(17)20(25-21)26-10-8-23-9-11-26)18-7-3-5-14-4-2-6-16(22)19(14)18/h2,4,6,18,23H,3,5,7-13H2,1H3. The summed E-state index contributed by atoms with van der Waals surface area (Å²) < 4.78 is 5.42. The summed E-state index contributed by atoms with van der Waals surface area (Å²) in [4.78, 5) is 14.3. The first-order chi connectivity index (χ1) is 13.7. The van der Waals surface area contributed by atoms with Crippen molar-refractivity contribution in [3.8, 4) is 6.01 Å². The van der Waals surface area contributed by atoms with E-state index in [0.717, 1.165) is 68.6 Å². The average molecular weight is 400 g/mol. The number of halogens is 1. The fraction of sp³-hybridized carbons (Fsp3) is 0.524. The second kappa shape index (κ2) is 7.50. The number of hydrogen-bond acceptors (Lipinski definition) is 6. The Bertz CT molecular complexity index is 883. The van der Waals surface area contributed by atoms with E-state index in [1.165, 1.54) is 23.1 Å². The number of aromatic nitrogens is 2. The van der Waals surface area contributed by atoms with Crippen molar-refractivity contribution in [3.63, 3.8) is 0 Å². The topological polar surface area (TPSA) is 53.5 Å². The Morgan fingerprint density at radius 3 is 2.86 bits per heavy atom. The van der Waals surface area contributed by atoms with Crippen molar-refractivity contribution in [1.82, 2.24) is 20.2 Å². The fourth-order valence-electron chi connectivity index (χ4n) is 4.86. The summed E-state index contributed by atoms with van der Waals surface area (Å²) in [6.07, 6.45) is 3.45. The lowest BCUT2D eigenvalue weighted by Crippen LogP contribution is -2.44. The molecule has 1 saturated heterocycles. The van der Waals surface area contributed by atoms with E-state index in [1.54, 1.807) is 7.11 Å². The molecule has 7 heteroatoms. The molecule has 0 amide bonds. The van der Waals surface area contributed by atoms with Crippen LogP contribution in [0.4, 0.5) is 5.82 Å². The van der Waals surface area contributed by atoms with Crippen molar-refractivity contribution in [1.29, 1.82) is 0 Å². The molecule has 148 valence electrons. The maximum atomic E-state index is 6.64. The van der Waals surface area contributed by atoms with Gasteiger partial charge < -0.3 is 15.0 Å². The van der Waals surface area contributed by atoms with Crippen molar-refractivity contribution in [2.45, 2.75) is 38.4 Å². The van der Waals surface area contributed by atoms with Gasteiger partial charge in [0.1, 0.15) is 5.82 Å². The molecular formula is C21H26ClN5O. The molecule has 2 aliphatic heterocycles. The molecule has 1 fully saturated rings. The van der Waals surface area contributed by atoms with Crippen molar-refractivity contribution in [2.75, 3.05) is 38.2 Å². The molecule has 2 aromatic rings. The molecule has 3 aliphatic rings. The molecule has 5 rings (SSSR count). The average Bonchev–Trinajstić information content (AvgIpc) is 3.17. The Kier molecular flexibility index (Phi) is 4.87. The van der Waals surface area contributed by atoms with Gasteiger partial charge in [0, 0.05) is 55.9 Å². The van der Waals surface area contributed by atoms with Gasteiger partial charge in [0.05, 0.1) is 12.8 Å². The maximum absolute atomic E-state index is 6.64. The van der Waals surface area contributed by atoms with Gasteiger partial charge in [-0.1, -0.05) is 23.7 Å². The summed E-state index contributed by atoms with van der Waals surface area (Å²) in [6.45, 7) is 5.58. The quantitative estimate of drug-likeness (QED) is 0.856. The number of methoxy groups -OCH3 is 1. The normalized spacial score (nSPS) is 22.1. The first-order valence-corrected chi connectivity index (χ1v) is 10.5. The highest BCUT2D eigenvalue weighted by Gasteiger charge is 2.35. The summed E-state index contributed by atoms with van der Waals surface area (Å²) in [5.74, 6) is 1.04. The number of hydrogen-bond donors (Lipinski definition) is 1. The predicted octanol–water partition coefficient (Wildman–Crippen LogP) is 2.94. The van der Waals surface area contributed by atoms with E-state index in [2.05, 4.69) is 27.2 Å². The van der Waals surface area contributed by atoms with Gasteiger partial charge in [-0.3, -0.25) is 4.90 Å². The van der Waals surface area contributed by atoms with Crippen molar-refractivity contribution in [2.24, 2.45) is 0 Å². The zero-order valence-corrected chi connectivity index (χ0v) is 17.0. The molecule has 1 aliphatic carbocycles. The molecule has 1 unspecified atom stereocenters. The Morgan fingerprint density at radius 2 is 2.04 bits per heavy atom. The molecular weight excluding hydrogens is 374 g/mol. The first kappa shape index (κ1) is 18.2. The van der Waals surface area contributed by atoms with Gasteiger partial charge in [0.2, 0.25) is 0 Å². The zero-order valence-electron chi connectivity index (χ0n) is 16.2. The Hall–Kier alpha value is -1.89. The van der Waals surface area contributed by atoms with Crippen LogP contribution in [0.1, 0.15) is 41.3 Å². The molecule has 1 atom stereocenters. The lowest BCUT2D eigenvalue weighted by atomic mass is 9.87. The van der Waals surface area contributed by atoms with Gasteiger partial charge in [-0.25, -0.2) is 0 Å². The van der Waals surface area contributed by atoms with Crippen LogP contribution in [-0.4, -0.2) is 48.2 Å². The number of anilines is 1. The SMILES string of the molecule is COc1nc2c(c(N3CCNCC3)n1)CN(C1CCCc3cccc(Cl)c31)C2. The number of benzene rings is 1. The molecule has 0 saturated carbocycles. The smallest absolute Gasteiger partial charge is 0.318 e. The van der Waals surface area contributed by atoms with E-state index in [9.17, 15) is 0 Å². The van der Waals surface area contributed by atoms with E-state index < -0.39 is 0 Å². The van der Waals surface area contributed by atoms with E-state index in [1.807, 2.05) is 6.07 Å². The highest BCUT2D eigenvalue weighted by Crippen LogP contribution is 2.43. The van der Waals surface area contributed by atoms with Crippen LogP contribution in [0.25, 0.3) is 0 Å².